The van der Waals surface area contributed by atoms with Gasteiger partial charge in [-0.2, -0.15) is 0 Å². The number of carbonyl (C=O) groups excluding carboxylic acids is 1. The molecule has 1 aromatic rings. The second-order valence-electron chi connectivity index (χ2n) is 4.86. The number of urea groups is 1. The Balaban J connectivity index is 2.35. The largest absolute Gasteiger partial charge is 0.573 e. The zero-order chi connectivity index (χ0) is 16.6. The molecule has 2 N–H and O–H groups in total. The molecule has 0 aliphatic heterocycles. The second-order valence-corrected chi connectivity index (χ2v) is 4.86. The maximum atomic E-state index is 12.0. The minimum atomic E-state index is -4.68. The van der Waals surface area contributed by atoms with E-state index in [-0.39, 0.29) is 17.8 Å². The van der Waals surface area contributed by atoms with Gasteiger partial charge in [0.1, 0.15) is 5.75 Å². The molecule has 124 valence electrons. The lowest BCUT2D eigenvalue weighted by molar-refractivity contribution is -0.274. The number of alkyl halides is 3. The lowest BCUT2D eigenvalue weighted by Crippen LogP contribution is -2.42. The molecule has 0 bridgehead atoms. The van der Waals surface area contributed by atoms with Crippen LogP contribution in [0.5, 0.6) is 5.75 Å². The molecular formula is C15H21F3N2O2. The van der Waals surface area contributed by atoms with Gasteiger partial charge in [0, 0.05) is 12.6 Å². The summed E-state index contributed by atoms with van der Waals surface area (Å²) >= 11 is 0. The van der Waals surface area contributed by atoms with Gasteiger partial charge in [0.05, 0.1) is 0 Å². The Labute approximate surface area is 128 Å². The molecular weight excluding hydrogens is 297 g/mol. The van der Waals surface area contributed by atoms with Crippen LogP contribution in [-0.2, 0) is 6.42 Å². The number of amides is 2. The maximum Gasteiger partial charge on any atom is 0.573 e. The van der Waals surface area contributed by atoms with Crippen LogP contribution in [0.4, 0.5) is 18.0 Å². The van der Waals surface area contributed by atoms with Gasteiger partial charge in [-0.3, -0.25) is 0 Å². The molecule has 0 unspecified atom stereocenters. The zero-order valence-corrected chi connectivity index (χ0v) is 12.7. The van der Waals surface area contributed by atoms with Crippen molar-refractivity contribution in [2.24, 2.45) is 0 Å². The van der Waals surface area contributed by atoms with Gasteiger partial charge >= 0.3 is 12.4 Å². The van der Waals surface area contributed by atoms with E-state index in [1.165, 1.54) is 12.1 Å². The number of carbonyl (C=O) groups is 1. The molecule has 4 nitrogen and oxygen atoms in total. The van der Waals surface area contributed by atoms with Crippen molar-refractivity contribution in [3.63, 3.8) is 0 Å². The summed E-state index contributed by atoms with van der Waals surface area (Å²) in [7, 11) is 0. The van der Waals surface area contributed by atoms with E-state index in [1.807, 2.05) is 13.8 Å². The van der Waals surface area contributed by atoms with Crippen molar-refractivity contribution in [1.82, 2.24) is 10.6 Å². The van der Waals surface area contributed by atoms with E-state index >= 15 is 0 Å². The minimum Gasteiger partial charge on any atom is -0.406 e. The smallest absolute Gasteiger partial charge is 0.406 e. The number of hydrogen-bond acceptors (Lipinski definition) is 2. The van der Waals surface area contributed by atoms with Crippen LogP contribution in [0.1, 0.15) is 32.3 Å². The fourth-order valence-electron chi connectivity index (χ4n) is 1.91. The van der Waals surface area contributed by atoms with E-state index in [2.05, 4.69) is 15.4 Å². The van der Waals surface area contributed by atoms with Gasteiger partial charge in [-0.1, -0.05) is 26.0 Å². The average Bonchev–Trinajstić information content (AvgIpc) is 2.45. The van der Waals surface area contributed by atoms with Gasteiger partial charge in [-0.05, 0) is 37.0 Å². The van der Waals surface area contributed by atoms with Gasteiger partial charge < -0.3 is 15.4 Å². The first kappa shape index (κ1) is 18.1. The van der Waals surface area contributed by atoms with Crippen molar-refractivity contribution < 1.29 is 22.7 Å². The lowest BCUT2D eigenvalue weighted by Gasteiger charge is -2.15. The summed E-state index contributed by atoms with van der Waals surface area (Å²) < 4.78 is 39.8. The first-order valence-corrected chi connectivity index (χ1v) is 7.23. The molecule has 0 aliphatic rings. The van der Waals surface area contributed by atoms with Crippen molar-refractivity contribution >= 4 is 6.03 Å². The maximum absolute atomic E-state index is 12.0. The molecule has 1 rings (SSSR count). The Hall–Kier alpha value is -1.92. The zero-order valence-electron chi connectivity index (χ0n) is 12.7. The third-order valence-electron chi connectivity index (χ3n) is 3.18. The minimum absolute atomic E-state index is 0.152. The summed E-state index contributed by atoms with van der Waals surface area (Å²) in [6.07, 6.45) is -2.42. The molecule has 0 heterocycles. The molecule has 22 heavy (non-hydrogen) atoms. The van der Waals surface area contributed by atoms with Crippen molar-refractivity contribution in [3.05, 3.63) is 29.8 Å². The van der Waals surface area contributed by atoms with Crippen LogP contribution in [0, 0.1) is 0 Å². The predicted molar refractivity (Wildman–Crippen MR) is 77.7 cm³/mol. The third kappa shape index (κ3) is 7.19. The normalized spacial score (nSPS) is 11.4. The molecule has 0 radical (unpaired) electrons. The van der Waals surface area contributed by atoms with E-state index in [0.29, 0.717) is 13.0 Å². The summed E-state index contributed by atoms with van der Waals surface area (Å²) in [5.41, 5.74) is 0.817. The van der Waals surface area contributed by atoms with Gasteiger partial charge in [-0.15, -0.1) is 13.2 Å². The molecule has 1 aromatic carbocycles. The number of ether oxygens (including phenoxy) is 1. The van der Waals surface area contributed by atoms with Crippen molar-refractivity contribution in [1.29, 1.82) is 0 Å². The highest BCUT2D eigenvalue weighted by Crippen LogP contribution is 2.22. The summed E-state index contributed by atoms with van der Waals surface area (Å²) in [4.78, 5) is 11.6. The SMILES string of the molecule is CCC(CC)NC(=O)NCCc1ccc(OC(F)(F)F)cc1. The molecule has 0 fully saturated rings. The molecule has 0 saturated carbocycles. The highest BCUT2D eigenvalue weighted by molar-refractivity contribution is 5.74. The summed E-state index contributed by atoms with van der Waals surface area (Å²) in [5, 5.41) is 5.56. The summed E-state index contributed by atoms with van der Waals surface area (Å²) in [6, 6.07) is 5.52. The average molecular weight is 318 g/mol. The third-order valence-corrected chi connectivity index (χ3v) is 3.18. The summed E-state index contributed by atoms with van der Waals surface area (Å²) in [5.74, 6) is -0.254. The number of nitrogens with one attached hydrogen (secondary N) is 2. The van der Waals surface area contributed by atoms with Gasteiger partial charge in [0.25, 0.3) is 0 Å². The van der Waals surface area contributed by atoms with Crippen LogP contribution in [0.3, 0.4) is 0 Å². The van der Waals surface area contributed by atoms with Crippen LogP contribution in [0.2, 0.25) is 0 Å². The molecule has 7 heteroatoms. The van der Waals surface area contributed by atoms with Crippen molar-refractivity contribution in [2.75, 3.05) is 6.54 Å². The monoisotopic (exact) mass is 318 g/mol. The van der Waals surface area contributed by atoms with E-state index < -0.39 is 6.36 Å². The second kappa shape index (κ2) is 8.51. The van der Waals surface area contributed by atoms with Crippen LogP contribution in [-0.4, -0.2) is 25.0 Å². The van der Waals surface area contributed by atoms with E-state index in [9.17, 15) is 18.0 Å². The topological polar surface area (TPSA) is 50.4 Å². The van der Waals surface area contributed by atoms with Crippen molar-refractivity contribution in [3.8, 4) is 5.75 Å². The van der Waals surface area contributed by atoms with Crippen LogP contribution >= 0.6 is 0 Å². The molecule has 0 atom stereocenters. The number of hydrogen-bond donors (Lipinski definition) is 2. The Bertz CT molecular complexity index is 457. The van der Waals surface area contributed by atoms with Crippen LogP contribution < -0.4 is 15.4 Å². The molecule has 2 amide bonds. The molecule has 0 saturated heterocycles. The fraction of sp³-hybridized carbons (Fsp3) is 0.533. The van der Waals surface area contributed by atoms with Gasteiger partial charge in [0.15, 0.2) is 0 Å². The van der Waals surface area contributed by atoms with Crippen LogP contribution in [0.15, 0.2) is 24.3 Å². The predicted octanol–water partition coefficient (Wildman–Crippen LogP) is 3.62. The Morgan fingerprint density at radius 3 is 2.27 bits per heavy atom. The molecule has 0 aliphatic carbocycles. The van der Waals surface area contributed by atoms with E-state index in [4.69, 9.17) is 0 Å². The standard InChI is InChI=1S/C15H21F3N2O2/c1-3-12(4-2)20-14(21)19-10-9-11-5-7-13(8-6-11)22-15(16,17)18/h5-8,12H,3-4,9-10H2,1-2H3,(H2,19,20,21). The van der Waals surface area contributed by atoms with Crippen LogP contribution in [0.25, 0.3) is 0 Å². The van der Waals surface area contributed by atoms with E-state index in [0.717, 1.165) is 18.4 Å². The fourth-order valence-corrected chi connectivity index (χ4v) is 1.91. The first-order chi connectivity index (χ1) is 10.3. The van der Waals surface area contributed by atoms with Gasteiger partial charge in [0.2, 0.25) is 0 Å². The van der Waals surface area contributed by atoms with Gasteiger partial charge in [-0.25, -0.2) is 4.79 Å². The number of halogens is 3. The summed E-state index contributed by atoms with van der Waals surface area (Å²) in [6.45, 7) is 4.41. The quantitative estimate of drug-likeness (QED) is 0.807. The first-order valence-electron chi connectivity index (χ1n) is 7.23. The Morgan fingerprint density at radius 1 is 1.18 bits per heavy atom. The van der Waals surface area contributed by atoms with E-state index in [1.54, 1.807) is 12.1 Å². The Kier molecular flexibility index (Phi) is 7.01. The number of benzene rings is 1. The van der Waals surface area contributed by atoms with Crippen molar-refractivity contribution in [2.45, 2.75) is 45.5 Å². The molecule has 0 spiro atoms. The Morgan fingerprint density at radius 2 is 1.77 bits per heavy atom. The highest BCUT2D eigenvalue weighted by Gasteiger charge is 2.30. The number of rotatable bonds is 7. The lowest BCUT2D eigenvalue weighted by atomic mass is 10.1. The molecule has 0 aromatic heterocycles. The highest BCUT2D eigenvalue weighted by atomic mass is 19.4.